The molecule has 2 aliphatic heterocycles. The highest BCUT2D eigenvalue weighted by atomic mass is 32.2. The van der Waals surface area contributed by atoms with E-state index in [0.717, 1.165) is 10.8 Å². The van der Waals surface area contributed by atoms with Crippen molar-refractivity contribution in [1.82, 2.24) is 5.06 Å². The number of nitro groups is 1. The molecule has 26 heavy (non-hydrogen) atoms. The number of nitro benzene ring substituents is 1. The third kappa shape index (κ3) is 3.05. The molecule has 1 atom stereocenters. The number of nitrogens with zero attached hydrogens (tertiary/aromatic N) is 4. The van der Waals surface area contributed by atoms with Crippen LogP contribution < -0.4 is 5.32 Å². The Kier molecular flexibility index (Phi) is 4.15. The number of hydroxylamine groups is 2. The molecule has 0 radical (unpaired) electrons. The molecule has 130 valence electrons. The summed E-state index contributed by atoms with van der Waals surface area (Å²) in [5, 5.41) is 25.6. The SMILES string of the molecule is O=[N+]([O-])c1cc(C2=NC3=CN=CN(O)C3S2)ccc1Nc1ccccc1. The lowest BCUT2D eigenvalue weighted by atomic mass is 10.1. The predicted octanol–water partition coefficient (Wildman–Crippen LogP) is 3.73. The highest BCUT2D eigenvalue weighted by Crippen LogP contribution is 2.37. The van der Waals surface area contributed by atoms with E-state index in [-0.39, 0.29) is 11.1 Å². The van der Waals surface area contributed by atoms with Gasteiger partial charge >= 0.3 is 0 Å². The molecule has 0 fully saturated rings. The minimum Gasteiger partial charge on any atom is -0.350 e. The first-order valence-electron chi connectivity index (χ1n) is 7.68. The maximum absolute atomic E-state index is 11.5. The second-order valence-electron chi connectivity index (χ2n) is 5.57. The number of aliphatic imine (C=N–C) groups is 2. The van der Waals surface area contributed by atoms with Crippen LogP contribution >= 0.6 is 11.8 Å². The van der Waals surface area contributed by atoms with Gasteiger partial charge in [0, 0.05) is 17.3 Å². The fraction of sp³-hybridized carbons (Fsp3) is 0.0588. The van der Waals surface area contributed by atoms with Crippen molar-refractivity contribution in [2.75, 3.05) is 5.32 Å². The van der Waals surface area contributed by atoms with E-state index in [1.807, 2.05) is 30.3 Å². The van der Waals surface area contributed by atoms with Gasteiger partial charge in [-0.15, -0.1) is 0 Å². The first kappa shape index (κ1) is 16.3. The second kappa shape index (κ2) is 6.62. The van der Waals surface area contributed by atoms with Crippen molar-refractivity contribution in [1.29, 1.82) is 0 Å². The molecule has 0 bridgehead atoms. The van der Waals surface area contributed by atoms with Gasteiger partial charge in [-0.05, 0) is 24.3 Å². The summed E-state index contributed by atoms with van der Waals surface area (Å²) in [5.74, 6) is 0. The van der Waals surface area contributed by atoms with Crippen LogP contribution in [0, 0.1) is 10.1 Å². The van der Waals surface area contributed by atoms with Crippen LogP contribution in [0.5, 0.6) is 0 Å². The van der Waals surface area contributed by atoms with Gasteiger partial charge in [-0.25, -0.2) is 15.0 Å². The van der Waals surface area contributed by atoms with Crippen LogP contribution in [0.15, 0.2) is 70.4 Å². The van der Waals surface area contributed by atoms with E-state index < -0.39 is 4.92 Å². The Hall–Kier alpha value is -3.17. The van der Waals surface area contributed by atoms with Crippen molar-refractivity contribution in [2.45, 2.75) is 5.37 Å². The Bertz CT molecular complexity index is 958. The number of fused-ring (bicyclic) bond motifs is 1. The number of nitrogens with one attached hydrogen (secondary N) is 1. The maximum Gasteiger partial charge on any atom is 0.293 e. The summed E-state index contributed by atoms with van der Waals surface area (Å²) >= 11 is 1.31. The van der Waals surface area contributed by atoms with E-state index in [9.17, 15) is 15.3 Å². The summed E-state index contributed by atoms with van der Waals surface area (Å²) in [6.07, 6.45) is 2.87. The first-order valence-corrected chi connectivity index (χ1v) is 8.56. The highest BCUT2D eigenvalue weighted by molar-refractivity contribution is 8.15. The number of anilines is 2. The van der Waals surface area contributed by atoms with E-state index in [2.05, 4.69) is 15.3 Å². The van der Waals surface area contributed by atoms with E-state index in [1.54, 1.807) is 18.3 Å². The lowest BCUT2D eigenvalue weighted by molar-refractivity contribution is -0.383. The van der Waals surface area contributed by atoms with Crippen LogP contribution in [0.3, 0.4) is 0 Å². The fourth-order valence-corrected chi connectivity index (χ4v) is 3.65. The van der Waals surface area contributed by atoms with Gasteiger partial charge < -0.3 is 5.32 Å². The molecule has 8 nitrogen and oxygen atoms in total. The molecule has 0 saturated heterocycles. The van der Waals surface area contributed by atoms with E-state index in [4.69, 9.17) is 0 Å². The molecule has 2 aliphatic rings. The van der Waals surface area contributed by atoms with Gasteiger partial charge in [0.25, 0.3) is 5.69 Å². The molecule has 2 heterocycles. The highest BCUT2D eigenvalue weighted by Gasteiger charge is 2.32. The molecule has 2 aromatic rings. The van der Waals surface area contributed by atoms with Gasteiger partial charge in [-0.1, -0.05) is 30.0 Å². The number of hydrogen-bond acceptors (Lipinski definition) is 8. The van der Waals surface area contributed by atoms with Crippen LogP contribution in [-0.4, -0.2) is 31.9 Å². The quantitative estimate of drug-likeness (QED) is 0.630. The molecule has 4 rings (SSSR count). The number of para-hydroxylation sites is 1. The topological polar surface area (TPSA) is 103 Å². The Morgan fingerprint density at radius 3 is 2.77 bits per heavy atom. The van der Waals surface area contributed by atoms with Crippen molar-refractivity contribution < 1.29 is 10.1 Å². The van der Waals surface area contributed by atoms with Gasteiger partial charge in [-0.3, -0.25) is 15.3 Å². The number of thioether (sulfide) groups is 1. The van der Waals surface area contributed by atoms with Crippen molar-refractivity contribution in [3.05, 3.63) is 76.1 Å². The molecular formula is C17H13N5O3S. The average molecular weight is 367 g/mol. The minimum atomic E-state index is -0.428. The molecule has 0 aliphatic carbocycles. The standard InChI is InChI=1S/C17H13N5O3S/c23-21-10-18-9-14-17(21)26-16(20-14)11-6-7-13(15(8-11)22(24)25)19-12-4-2-1-3-5-12/h1-10,17,19,23H. The summed E-state index contributed by atoms with van der Waals surface area (Å²) in [6.45, 7) is 0. The normalized spacial score (nSPS) is 18.2. The van der Waals surface area contributed by atoms with Gasteiger partial charge in [0.1, 0.15) is 17.1 Å². The second-order valence-corrected chi connectivity index (χ2v) is 6.63. The molecular weight excluding hydrogens is 354 g/mol. The summed E-state index contributed by atoms with van der Waals surface area (Å²) < 4.78 is 0. The smallest absolute Gasteiger partial charge is 0.293 e. The summed E-state index contributed by atoms with van der Waals surface area (Å²) in [7, 11) is 0. The Balaban J connectivity index is 1.66. The molecule has 0 spiro atoms. The lowest BCUT2D eigenvalue weighted by Gasteiger charge is -2.20. The average Bonchev–Trinajstić information content (AvgIpc) is 3.08. The van der Waals surface area contributed by atoms with Gasteiger partial charge in [0.15, 0.2) is 5.37 Å². The van der Waals surface area contributed by atoms with Crippen LogP contribution in [-0.2, 0) is 0 Å². The minimum absolute atomic E-state index is 0.0457. The van der Waals surface area contributed by atoms with Crippen molar-refractivity contribution >= 4 is 40.2 Å². The Morgan fingerprint density at radius 1 is 1.23 bits per heavy atom. The van der Waals surface area contributed by atoms with Crippen LogP contribution in [0.25, 0.3) is 0 Å². The molecule has 0 saturated carbocycles. The van der Waals surface area contributed by atoms with Crippen LogP contribution in [0.4, 0.5) is 17.1 Å². The fourth-order valence-electron chi connectivity index (χ4n) is 2.62. The van der Waals surface area contributed by atoms with Crippen LogP contribution in [0.1, 0.15) is 5.56 Å². The Labute approximate surface area is 152 Å². The number of benzene rings is 2. The monoisotopic (exact) mass is 367 g/mol. The Morgan fingerprint density at radius 2 is 2.04 bits per heavy atom. The third-order valence-electron chi connectivity index (χ3n) is 3.83. The summed E-state index contributed by atoms with van der Waals surface area (Å²) in [4.78, 5) is 19.4. The lowest BCUT2D eigenvalue weighted by Crippen LogP contribution is -2.30. The zero-order valence-electron chi connectivity index (χ0n) is 13.3. The maximum atomic E-state index is 11.5. The molecule has 0 amide bonds. The van der Waals surface area contributed by atoms with Crippen molar-refractivity contribution in [2.24, 2.45) is 9.98 Å². The summed E-state index contributed by atoms with van der Waals surface area (Å²) in [5.41, 5.74) is 2.33. The first-order chi connectivity index (χ1) is 12.6. The molecule has 2 N–H and O–H groups in total. The van der Waals surface area contributed by atoms with E-state index >= 15 is 0 Å². The van der Waals surface area contributed by atoms with E-state index in [1.165, 1.54) is 24.2 Å². The van der Waals surface area contributed by atoms with Crippen molar-refractivity contribution in [3.63, 3.8) is 0 Å². The third-order valence-corrected chi connectivity index (χ3v) is 5.06. The largest absolute Gasteiger partial charge is 0.350 e. The van der Waals surface area contributed by atoms with Crippen LogP contribution in [0.2, 0.25) is 0 Å². The zero-order chi connectivity index (χ0) is 18.1. The molecule has 0 aromatic heterocycles. The van der Waals surface area contributed by atoms with Gasteiger partial charge in [-0.2, -0.15) is 0 Å². The molecule has 2 aromatic carbocycles. The molecule has 1 unspecified atom stereocenters. The number of rotatable bonds is 4. The summed E-state index contributed by atoms with van der Waals surface area (Å²) in [6, 6.07) is 14.2. The predicted molar refractivity (Wildman–Crippen MR) is 101 cm³/mol. The zero-order valence-corrected chi connectivity index (χ0v) is 14.1. The van der Waals surface area contributed by atoms with E-state index in [0.29, 0.717) is 22.0 Å². The van der Waals surface area contributed by atoms with Gasteiger partial charge in [0.2, 0.25) is 0 Å². The van der Waals surface area contributed by atoms with Crippen molar-refractivity contribution in [3.8, 4) is 0 Å². The molecule has 9 heteroatoms. The number of hydrogen-bond donors (Lipinski definition) is 2. The van der Waals surface area contributed by atoms with Gasteiger partial charge in [0.05, 0.1) is 16.8 Å².